The van der Waals surface area contributed by atoms with Gasteiger partial charge in [-0.15, -0.1) is 0 Å². The van der Waals surface area contributed by atoms with Crippen LogP contribution in [0.5, 0.6) is 0 Å². The average Bonchev–Trinajstić information content (AvgIpc) is 2.83. The molecule has 1 aromatic carbocycles. The zero-order valence-electron chi connectivity index (χ0n) is 10.6. The van der Waals surface area contributed by atoms with E-state index in [2.05, 4.69) is 11.8 Å². The van der Waals surface area contributed by atoms with Crippen LogP contribution >= 0.6 is 0 Å². The molecule has 0 bridgehead atoms. The maximum absolute atomic E-state index is 9.52. The molecule has 1 aliphatic heterocycles. The number of para-hydroxylation sites is 1. The molecule has 1 saturated heterocycles. The number of fused-ring (bicyclic) bond motifs is 1. The standard InChI is InChI=1S/C15H18N2O/c1-11-5-4-8-17(11)15-9-12(10-18)13-6-2-3-7-14(13)16-15/h2-3,6-7,9,11,18H,4-5,8,10H2,1H3. The van der Waals surface area contributed by atoms with E-state index in [0.717, 1.165) is 28.8 Å². The summed E-state index contributed by atoms with van der Waals surface area (Å²) in [4.78, 5) is 7.07. The van der Waals surface area contributed by atoms with E-state index in [0.29, 0.717) is 6.04 Å². The predicted molar refractivity (Wildman–Crippen MR) is 73.7 cm³/mol. The number of pyridine rings is 1. The van der Waals surface area contributed by atoms with Gasteiger partial charge in [-0.1, -0.05) is 18.2 Å². The number of nitrogens with zero attached hydrogens (tertiary/aromatic N) is 2. The highest BCUT2D eigenvalue weighted by atomic mass is 16.3. The topological polar surface area (TPSA) is 36.4 Å². The fourth-order valence-electron chi connectivity index (χ4n) is 2.78. The smallest absolute Gasteiger partial charge is 0.129 e. The lowest BCUT2D eigenvalue weighted by molar-refractivity contribution is 0.283. The Balaban J connectivity index is 2.13. The van der Waals surface area contributed by atoms with Crippen LogP contribution in [0.3, 0.4) is 0 Å². The molecule has 0 aliphatic carbocycles. The Bertz CT molecular complexity index is 567. The molecule has 1 N–H and O–H groups in total. The van der Waals surface area contributed by atoms with Gasteiger partial charge in [0.1, 0.15) is 5.82 Å². The molecule has 1 unspecified atom stereocenters. The molecule has 0 saturated carbocycles. The second-order valence-electron chi connectivity index (χ2n) is 5.00. The molecule has 0 radical (unpaired) electrons. The zero-order valence-corrected chi connectivity index (χ0v) is 10.6. The van der Waals surface area contributed by atoms with Gasteiger partial charge in [0, 0.05) is 18.0 Å². The maximum Gasteiger partial charge on any atom is 0.129 e. The molecule has 3 rings (SSSR count). The number of hydrogen-bond donors (Lipinski definition) is 1. The van der Waals surface area contributed by atoms with Crippen molar-refractivity contribution in [3.05, 3.63) is 35.9 Å². The lowest BCUT2D eigenvalue weighted by Gasteiger charge is -2.23. The number of anilines is 1. The Morgan fingerprint density at radius 2 is 2.22 bits per heavy atom. The molecule has 1 atom stereocenters. The third-order valence-corrected chi connectivity index (χ3v) is 3.81. The van der Waals surface area contributed by atoms with Gasteiger partial charge in [-0.25, -0.2) is 4.98 Å². The monoisotopic (exact) mass is 242 g/mol. The quantitative estimate of drug-likeness (QED) is 0.879. The largest absolute Gasteiger partial charge is 0.392 e. The van der Waals surface area contributed by atoms with Gasteiger partial charge in [0.25, 0.3) is 0 Å². The van der Waals surface area contributed by atoms with E-state index in [1.807, 2.05) is 30.3 Å². The van der Waals surface area contributed by atoms with E-state index >= 15 is 0 Å². The number of aliphatic hydroxyl groups excluding tert-OH is 1. The van der Waals surface area contributed by atoms with Crippen LogP contribution in [0.4, 0.5) is 5.82 Å². The first kappa shape index (κ1) is 11.5. The Hall–Kier alpha value is -1.61. The Morgan fingerprint density at radius 1 is 1.39 bits per heavy atom. The van der Waals surface area contributed by atoms with E-state index in [1.54, 1.807) is 0 Å². The zero-order chi connectivity index (χ0) is 12.5. The SMILES string of the molecule is CC1CCCN1c1cc(CO)c2ccccc2n1. The molecule has 94 valence electrons. The highest BCUT2D eigenvalue weighted by Gasteiger charge is 2.22. The van der Waals surface area contributed by atoms with E-state index in [9.17, 15) is 5.11 Å². The third kappa shape index (κ3) is 1.85. The summed E-state index contributed by atoms with van der Waals surface area (Å²) in [5.41, 5.74) is 1.94. The van der Waals surface area contributed by atoms with Crippen molar-refractivity contribution in [2.45, 2.75) is 32.4 Å². The molecule has 18 heavy (non-hydrogen) atoms. The normalized spacial score (nSPS) is 19.7. The first-order valence-electron chi connectivity index (χ1n) is 6.56. The molecule has 3 heteroatoms. The minimum Gasteiger partial charge on any atom is -0.392 e. The highest BCUT2D eigenvalue weighted by Crippen LogP contribution is 2.28. The van der Waals surface area contributed by atoms with Crippen molar-refractivity contribution in [2.24, 2.45) is 0 Å². The lowest BCUT2D eigenvalue weighted by atomic mass is 10.1. The summed E-state index contributed by atoms with van der Waals surface area (Å²) >= 11 is 0. The van der Waals surface area contributed by atoms with Crippen molar-refractivity contribution in [1.29, 1.82) is 0 Å². The minimum atomic E-state index is 0.0677. The summed E-state index contributed by atoms with van der Waals surface area (Å²) in [6, 6.07) is 10.6. The fourth-order valence-corrected chi connectivity index (χ4v) is 2.78. The number of benzene rings is 1. The van der Waals surface area contributed by atoms with Crippen molar-refractivity contribution in [3.63, 3.8) is 0 Å². The van der Waals surface area contributed by atoms with Crippen molar-refractivity contribution in [1.82, 2.24) is 4.98 Å². The second-order valence-corrected chi connectivity index (χ2v) is 5.00. The van der Waals surface area contributed by atoms with Crippen molar-refractivity contribution in [3.8, 4) is 0 Å². The summed E-state index contributed by atoms with van der Waals surface area (Å²) in [5.74, 6) is 1.00. The maximum atomic E-state index is 9.52. The van der Waals surface area contributed by atoms with Crippen molar-refractivity contribution in [2.75, 3.05) is 11.4 Å². The van der Waals surface area contributed by atoms with Gasteiger partial charge < -0.3 is 10.0 Å². The first-order valence-corrected chi connectivity index (χ1v) is 6.56. The molecule has 2 heterocycles. The van der Waals surface area contributed by atoms with Crippen LogP contribution in [0.1, 0.15) is 25.3 Å². The van der Waals surface area contributed by atoms with Crippen LogP contribution in [0.2, 0.25) is 0 Å². The van der Waals surface area contributed by atoms with Gasteiger partial charge in [-0.05, 0) is 37.5 Å². The van der Waals surface area contributed by atoms with E-state index in [-0.39, 0.29) is 6.61 Å². The molecular formula is C15H18N2O. The van der Waals surface area contributed by atoms with Crippen LogP contribution < -0.4 is 4.90 Å². The average molecular weight is 242 g/mol. The van der Waals surface area contributed by atoms with E-state index < -0.39 is 0 Å². The molecule has 1 aliphatic rings. The first-order chi connectivity index (χ1) is 8.79. The van der Waals surface area contributed by atoms with Gasteiger partial charge in [0.15, 0.2) is 0 Å². The molecule has 1 aromatic heterocycles. The molecule has 0 amide bonds. The van der Waals surface area contributed by atoms with Gasteiger partial charge >= 0.3 is 0 Å². The number of hydrogen-bond acceptors (Lipinski definition) is 3. The summed E-state index contributed by atoms with van der Waals surface area (Å²) < 4.78 is 0. The van der Waals surface area contributed by atoms with E-state index in [4.69, 9.17) is 4.98 Å². The van der Waals surface area contributed by atoms with Crippen molar-refractivity contribution >= 4 is 16.7 Å². The molecule has 1 fully saturated rings. The van der Waals surface area contributed by atoms with Crippen LogP contribution in [-0.4, -0.2) is 22.7 Å². The summed E-state index contributed by atoms with van der Waals surface area (Å²) in [6.45, 7) is 3.37. The number of rotatable bonds is 2. The Kier molecular flexibility index (Phi) is 2.92. The Morgan fingerprint density at radius 3 is 2.94 bits per heavy atom. The highest BCUT2D eigenvalue weighted by molar-refractivity contribution is 5.84. The summed E-state index contributed by atoms with van der Waals surface area (Å²) in [7, 11) is 0. The van der Waals surface area contributed by atoms with Crippen LogP contribution in [-0.2, 0) is 6.61 Å². The molecular weight excluding hydrogens is 224 g/mol. The van der Waals surface area contributed by atoms with Crippen LogP contribution in [0.25, 0.3) is 10.9 Å². The second kappa shape index (κ2) is 4.58. The van der Waals surface area contributed by atoms with Crippen molar-refractivity contribution < 1.29 is 5.11 Å². The Labute approximate surface area is 107 Å². The third-order valence-electron chi connectivity index (χ3n) is 3.81. The summed E-state index contributed by atoms with van der Waals surface area (Å²) in [6.07, 6.45) is 2.45. The van der Waals surface area contributed by atoms with Gasteiger partial charge in [0.05, 0.1) is 12.1 Å². The molecule has 0 spiro atoms. The fraction of sp³-hybridized carbons (Fsp3) is 0.400. The minimum absolute atomic E-state index is 0.0677. The predicted octanol–water partition coefficient (Wildman–Crippen LogP) is 2.72. The van der Waals surface area contributed by atoms with Crippen LogP contribution in [0.15, 0.2) is 30.3 Å². The lowest BCUT2D eigenvalue weighted by Crippen LogP contribution is -2.27. The van der Waals surface area contributed by atoms with E-state index in [1.165, 1.54) is 12.8 Å². The number of aromatic nitrogens is 1. The molecule has 3 nitrogen and oxygen atoms in total. The van der Waals surface area contributed by atoms with Gasteiger partial charge in [-0.3, -0.25) is 0 Å². The summed E-state index contributed by atoms with van der Waals surface area (Å²) in [5, 5.41) is 10.6. The van der Waals surface area contributed by atoms with Crippen LogP contribution in [0, 0.1) is 0 Å². The van der Waals surface area contributed by atoms with Gasteiger partial charge in [-0.2, -0.15) is 0 Å². The number of aliphatic hydroxyl groups is 1. The molecule has 2 aromatic rings. The van der Waals surface area contributed by atoms with Gasteiger partial charge in [0.2, 0.25) is 0 Å².